The minimum atomic E-state index is -0.428. The van der Waals surface area contributed by atoms with Crippen molar-refractivity contribution in [2.45, 2.75) is 9.59 Å². The first-order chi connectivity index (χ1) is 11.2. The molecule has 2 heterocycles. The molecule has 2 N–H and O–H groups in total. The Kier molecular flexibility index (Phi) is 3.55. The molecule has 0 aliphatic carbocycles. The topological polar surface area (TPSA) is 54.0 Å². The molecule has 0 fully saturated rings. The normalized spacial score (nSPS) is 17.3. The number of anilines is 2. The summed E-state index contributed by atoms with van der Waals surface area (Å²) >= 11 is 3.01. The molecule has 1 aliphatic rings. The number of benzene rings is 2. The molecule has 4 nitrogen and oxygen atoms in total. The van der Waals surface area contributed by atoms with Crippen molar-refractivity contribution < 1.29 is 4.79 Å². The van der Waals surface area contributed by atoms with E-state index < -0.39 is 5.25 Å². The Hall–Kier alpha value is -2.31. The van der Waals surface area contributed by atoms with Crippen LogP contribution < -0.4 is 10.6 Å². The fourth-order valence-corrected chi connectivity index (χ4v) is 4.59. The number of hydrogen-bond acceptors (Lipinski definition) is 5. The first-order valence-electron chi connectivity index (χ1n) is 7.09. The summed E-state index contributed by atoms with van der Waals surface area (Å²) in [6, 6.07) is 15.6. The van der Waals surface area contributed by atoms with Gasteiger partial charge in [0.1, 0.15) is 5.25 Å². The Morgan fingerprint density at radius 1 is 1.04 bits per heavy atom. The highest BCUT2D eigenvalue weighted by atomic mass is 32.2. The number of carbonyl (C=O) groups excluding carboxylic acids is 1. The highest BCUT2D eigenvalue weighted by molar-refractivity contribution is 8.02. The molecule has 23 heavy (non-hydrogen) atoms. The van der Waals surface area contributed by atoms with E-state index in [1.165, 1.54) is 11.8 Å². The van der Waals surface area contributed by atoms with E-state index in [4.69, 9.17) is 0 Å². The lowest BCUT2D eigenvalue weighted by molar-refractivity contribution is -0.115. The number of thiazole rings is 1. The molecule has 114 valence electrons. The van der Waals surface area contributed by atoms with Crippen LogP contribution in [0.4, 0.5) is 11.4 Å². The lowest BCUT2D eigenvalue weighted by Gasteiger charge is -2.13. The molecule has 6 heteroatoms. The van der Waals surface area contributed by atoms with E-state index in [-0.39, 0.29) is 5.91 Å². The minimum Gasteiger partial charge on any atom is -0.356 e. The van der Waals surface area contributed by atoms with Gasteiger partial charge in [0, 0.05) is 5.70 Å². The van der Waals surface area contributed by atoms with Crippen molar-refractivity contribution in [2.75, 3.05) is 10.6 Å². The van der Waals surface area contributed by atoms with E-state index in [2.05, 4.69) is 22.2 Å². The van der Waals surface area contributed by atoms with Crippen LogP contribution in [0, 0.1) is 0 Å². The van der Waals surface area contributed by atoms with Crippen LogP contribution in [0.3, 0.4) is 0 Å². The molecule has 1 amide bonds. The molecule has 0 bridgehead atoms. The predicted molar refractivity (Wildman–Crippen MR) is 97.1 cm³/mol. The van der Waals surface area contributed by atoms with Gasteiger partial charge >= 0.3 is 0 Å². The van der Waals surface area contributed by atoms with Gasteiger partial charge < -0.3 is 10.6 Å². The monoisotopic (exact) mass is 339 g/mol. The van der Waals surface area contributed by atoms with Gasteiger partial charge in [0.25, 0.3) is 0 Å². The maximum absolute atomic E-state index is 12.6. The number of hydrogen-bond donors (Lipinski definition) is 2. The third-order valence-electron chi connectivity index (χ3n) is 3.53. The molecular formula is C17H13N3OS2. The smallest absolute Gasteiger partial charge is 0.244 e. The largest absolute Gasteiger partial charge is 0.356 e. The van der Waals surface area contributed by atoms with E-state index in [1.54, 1.807) is 11.3 Å². The molecule has 0 saturated heterocycles. The standard InChI is InChI=1S/C17H13N3OS2/c1-10-15(16(21)19-12-7-3-2-6-11(12)18-10)23-17-20-13-8-4-5-9-14(13)22-17/h2-9,15,18H,1H2,(H,19,21)/t15-/m1/s1. The first kappa shape index (κ1) is 14.3. The average molecular weight is 339 g/mol. The van der Waals surface area contributed by atoms with Crippen molar-refractivity contribution in [1.82, 2.24) is 4.98 Å². The summed E-state index contributed by atoms with van der Waals surface area (Å²) in [6.07, 6.45) is 0. The van der Waals surface area contributed by atoms with Crippen molar-refractivity contribution in [3.05, 3.63) is 60.8 Å². The third-order valence-corrected chi connectivity index (χ3v) is 5.92. The predicted octanol–water partition coefficient (Wildman–Crippen LogP) is 4.33. The van der Waals surface area contributed by atoms with Gasteiger partial charge in [-0.25, -0.2) is 4.98 Å². The summed E-state index contributed by atoms with van der Waals surface area (Å²) in [4.78, 5) is 17.1. The quantitative estimate of drug-likeness (QED) is 0.729. The number of carbonyl (C=O) groups is 1. The summed E-state index contributed by atoms with van der Waals surface area (Å²) in [5, 5.41) is 5.76. The van der Waals surface area contributed by atoms with Gasteiger partial charge in [-0.2, -0.15) is 0 Å². The van der Waals surface area contributed by atoms with Crippen LogP contribution >= 0.6 is 23.1 Å². The summed E-state index contributed by atoms with van der Waals surface area (Å²) < 4.78 is 1.98. The molecule has 1 aromatic heterocycles. The molecule has 1 aliphatic heterocycles. The number of fused-ring (bicyclic) bond motifs is 2. The minimum absolute atomic E-state index is 0.0864. The molecule has 3 aromatic rings. The summed E-state index contributed by atoms with van der Waals surface area (Å²) in [7, 11) is 0. The first-order valence-corrected chi connectivity index (χ1v) is 8.78. The van der Waals surface area contributed by atoms with Crippen LogP contribution in [0.5, 0.6) is 0 Å². The van der Waals surface area contributed by atoms with E-state index in [0.717, 1.165) is 25.9 Å². The van der Waals surface area contributed by atoms with Crippen molar-refractivity contribution in [3.63, 3.8) is 0 Å². The second-order valence-corrected chi connectivity index (χ2v) is 7.51. The van der Waals surface area contributed by atoms with Gasteiger partial charge in [0.05, 0.1) is 21.6 Å². The van der Waals surface area contributed by atoms with Crippen molar-refractivity contribution >= 4 is 50.6 Å². The van der Waals surface area contributed by atoms with Crippen LogP contribution in [0.15, 0.2) is 65.1 Å². The molecule has 0 unspecified atom stereocenters. The van der Waals surface area contributed by atoms with Gasteiger partial charge in [-0.15, -0.1) is 11.3 Å². The Morgan fingerprint density at radius 2 is 1.74 bits per heavy atom. The lowest BCUT2D eigenvalue weighted by atomic mass is 10.2. The van der Waals surface area contributed by atoms with Gasteiger partial charge in [0.15, 0.2) is 4.34 Å². The third kappa shape index (κ3) is 2.71. The molecule has 4 rings (SSSR count). The van der Waals surface area contributed by atoms with Crippen LogP contribution in [-0.2, 0) is 4.79 Å². The molecule has 2 aromatic carbocycles. The van der Waals surface area contributed by atoms with E-state index >= 15 is 0 Å². The van der Waals surface area contributed by atoms with Crippen LogP contribution in [0.2, 0.25) is 0 Å². The van der Waals surface area contributed by atoms with Crippen LogP contribution in [0.25, 0.3) is 10.2 Å². The van der Waals surface area contributed by atoms with Crippen molar-refractivity contribution in [1.29, 1.82) is 0 Å². The van der Waals surface area contributed by atoms with Crippen molar-refractivity contribution in [2.24, 2.45) is 0 Å². The van der Waals surface area contributed by atoms with Gasteiger partial charge in [0.2, 0.25) is 5.91 Å². The number of thioether (sulfide) groups is 1. The Labute approximate surface area is 141 Å². The maximum atomic E-state index is 12.6. The number of nitrogens with zero attached hydrogens (tertiary/aromatic N) is 1. The van der Waals surface area contributed by atoms with E-state index in [9.17, 15) is 4.79 Å². The Bertz CT molecular complexity index is 849. The molecule has 0 saturated carbocycles. The summed E-state index contributed by atoms with van der Waals surface area (Å²) in [6.45, 7) is 4.04. The van der Waals surface area contributed by atoms with Gasteiger partial charge in [-0.1, -0.05) is 42.6 Å². The van der Waals surface area contributed by atoms with Gasteiger partial charge in [-0.3, -0.25) is 4.79 Å². The molecule has 0 radical (unpaired) electrons. The molecule has 0 spiro atoms. The zero-order valence-corrected chi connectivity index (χ0v) is 13.7. The zero-order chi connectivity index (χ0) is 15.8. The molecular weight excluding hydrogens is 326 g/mol. The lowest BCUT2D eigenvalue weighted by Crippen LogP contribution is -2.26. The number of para-hydroxylation sites is 3. The highest BCUT2D eigenvalue weighted by Crippen LogP contribution is 2.37. The Morgan fingerprint density at radius 3 is 2.52 bits per heavy atom. The Balaban J connectivity index is 1.63. The van der Waals surface area contributed by atoms with Crippen LogP contribution in [0.1, 0.15) is 0 Å². The number of rotatable bonds is 2. The second kappa shape index (κ2) is 5.72. The van der Waals surface area contributed by atoms with Crippen LogP contribution in [-0.4, -0.2) is 16.1 Å². The maximum Gasteiger partial charge on any atom is 0.244 e. The zero-order valence-electron chi connectivity index (χ0n) is 12.1. The van der Waals surface area contributed by atoms with Crippen molar-refractivity contribution in [3.8, 4) is 0 Å². The average Bonchev–Trinajstić information content (AvgIpc) is 2.91. The fourth-order valence-electron chi connectivity index (χ4n) is 2.42. The number of nitrogens with one attached hydrogen (secondary N) is 2. The number of aromatic nitrogens is 1. The van der Waals surface area contributed by atoms with E-state index in [0.29, 0.717) is 5.70 Å². The summed E-state index contributed by atoms with van der Waals surface area (Å²) in [5.41, 5.74) is 3.25. The summed E-state index contributed by atoms with van der Waals surface area (Å²) in [5.74, 6) is -0.0864. The van der Waals surface area contributed by atoms with E-state index in [1.807, 2.05) is 48.5 Å². The fraction of sp³-hybridized carbons (Fsp3) is 0.0588. The second-order valence-electron chi connectivity index (χ2n) is 5.13. The highest BCUT2D eigenvalue weighted by Gasteiger charge is 2.28. The SMILES string of the molecule is C=C1Nc2ccccc2NC(=O)[C@@H]1Sc1nc2ccccc2s1. The van der Waals surface area contributed by atoms with Gasteiger partial charge in [-0.05, 0) is 24.3 Å². The molecule has 1 atom stereocenters. The number of amides is 1.